The van der Waals surface area contributed by atoms with Crippen molar-refractivity contribution in [1.29, 1.82) is 0 Å². The molecular formula is C17H21N3O4S. The van der Waals surface area contributed by atoms with Crippen LogP contribution in [0.15, 0.2) is 11.1 Å². The fourth-order valence-electron chi connectivity index (χ4n) is 3.13. The number of ether oxygens (including phenoxy) is 1. The first kappa shape index (κ1) is 17.6. The molecule has 2 aromatic rings. The summed E-state index contributed by atoms with van der Waals surface area (Å²) >= 11 is 1.26. The monoisotopic (exact) mass is 363 g/mol. The highest BCUT2D eigenvalue weighted by atomic mass is 32.1. The summed E-state index contributed by atoms with van der Waals surface area (Å²) in [5.41, 5.74) is 0.546. The number of aryl methyl sites for hydroxylation is 2. The van der Waals surface area contributed by atoms with Gasteiger partial charge in [0.05, 0.1) is 29.1 Å². The maximum Gasteiger partial charge on any atom is 0.309 e. The number of esters is 1. The van der Waals surface area contributed by atoms with Crippen LogP contribution in [0.2, 0.25) is 0 Å². The van der Waals surface area contributed by atoms with E-state index in [4.69, 9.17) is 4.74 Å². The molecule has 3 rings (SSSR count). The predicted molar refractivity (Wildman–Crippen MR) is 94.9 cm³/mol. The van der Waals surface area contributed by atoms with Gasteiger partial charge in [-0.25, -0.2) is 4.98 Å². The molecule has 7 nitrogen and oxygen atoms in total. The number of fused-ring (bicyclic) bond motifs is 1. The average molecular weight is 363 g/mol. The number of amides is 1. The van der Waals surface area contributed by atoms with E-state index in [0.717, 1.165) is 0 Å². The van der Waals surface area contributed by atoms with Gasteiger partial charge in [-0.1, -0.05) is 0 Å². The first-order valence-electron chi connectivity index (χ1n) is 8.34. The third kappa shape index (κ3) is 3.18. The van der Waals surface area contributed by atoms with Gasteiger partial charge in [-0.05, 0) is 32.3 Å². The average Bonchev–Trinajstić information content (AvgIpc) is 2.95. The molecule has 0 atom stereocenters. The van der Waals surface area contributed by atoms with E-state index in [1.165, 1.54) is 22.2 Å². The third-order valence-corrected chi connectivity index (χ3v) is 5.79. The Morgan fingerprint density at radius 3 is 2.68 bits per heavy atom. The molecular weight excluding hydrogens is 342 g/mol. The lowest BCUT2D eigenvalue weighted by atomic mass is 9.97. The Bertz CT molecular complexity index is 878. The first-order chi connectivity index (χ1) is 11.9. The Morgan fingerprint density at radius 2 is 2.04 bits per heavy atom. The van der Waals surface area contributed by atoms with Crippen molar-refractivity contribution in [2.24, 2.45) is 13.0 Å². The van der Waals surface area contributed by atoms with Gasteiger partial charge in [-0.2, -0.15) is 0 Å². The second kappa shape index (κ2) is 6.95. The SMILES string of the molecule is CCOC(=O)C1CCN(C(=O)c2sc3ncn(C)c(=O)c3c2C)CC1. The molecule has 0 radical (unpaired) electrons. The van der Waals surface area contributed by atoms with E-state index in [9.17, 15) is 14.4 Å². The van der Waals surface area contributed by atoms with Gasteiger partial charge in [0, 0.05) is 20.1 Å². The molecule has 0 N–H and O–H groups in total. The highest BCUT2D eigenvalue weighted by Crippen LogP contribution is 2.29. The molecule has 1 aliphatic rings. The maximum absolute atomic E-state index is 12.9. The summed E-state index contributed by atoms with van der Waals surface area (Å²) < 4.78 is 6.48. The van der Waals surface area contributed by atoms with Crippen molar-refractivity contribution in [2.75, 3.05) is 19.7 Å². The van der Waals surface area contributed by atoms with Gasteiger partial charge in [0.15, 0.2) is 0 Å². The van der Waals surface area contributed by atoms with Crippen LogP contribution in [0.4, 0.5) is 0 Å². The van der Waals surface area contributed by atoms with Gasteiger partial charge in [0.25, 0.3) is 11.5 Å². The lowest BCUT2D eigenvalue weighted by Gasteiger charge is -2.30. The largest absolute Gasteiger partial charge is 0.466 e. The molecule has 1 aliphatic heterocycles. The molecule has 25 heavy (non-hydrogen) atoms. The zero-order valence-corrected chi connectivity index (χ0v) is 15.4. The fraction of sp³-hybridized carbons (Fsp3) is 0.529. The number of nitrogens with zero attached hydrogens (tertiary/aromatic N) is 3. The van der Waals surface area contributed by atoms with Crippen LogP contribution in [0.5, 0.6) is 0 Å². The zero-order chi connectivity index (χ0) is 18.1. The number of hydrogen-bond acceptors (Lipinski definition) is 6. The van der Waals surface area contributed by atoms with Crippen molar-refractivity contribution < 1.29 is 14.3 Å². The standard InChI is InChI=1S/C17H21N3O4S/c1-4-24-17(23)11-5-7-20(8-6-11)16(22)13-10(2)12-14(25-13)18-9-19(3)15(12)21/h9,11H,4-8H2,1-3H3. The summed E-state index contributed by atoms with van der Waals surface area (Å²) in [6.07, 6.45) is 2.68. The van der Waals surface area contributed by atoms with Crippen molar-refractivity contribution in [3.63, 3.8) is 0 Å². The lowest BCUT2D eigenvalue weighted by Crippen LogP contribution is -2.40. The number of hydrogen-bond donors (Lipinski definition) is 0. The van der Waals surface area contributed by atoms with E-state index in [0.29, 0.717) is 53.2 Å². The number of aromatic nitrogens is 2. The summed E-state index contributed by atoms with van der Waals surface area (Å²) in [5, 5.41) is 0.514. The van der Waals surface area contributed by atoms with E-state index < -0.39 is 0 Å². The molecule has 0 unspecified atom stereocenters. The van der Waals surface area contributed by atoms with E-state index in [-0.39, 0.29) is 23.4 Å². The van der Waals surface area contributed by atoms with Gasteiger partial charge in [-0.15, -0.1) is 11.3 Å². The van der Waals surface area contributed by atoms with Crippen molar-refractivity contribution >= 4 is 33.4 Å². The molecule has 2 aromatic heterocycles. The number of likely N-dealkylation sites (tertiary alicyclic amines) is 1. The highest BCUT2D eigenvalue weighted by molar-refractivity contribution is 7.20. The molecule has 0 saturated carbocycles. The summed E-state index contributed by atoms with van der Waals surface area (Å²) in [5.74, 6) is -0.410. The molecule has 0 aliphatic carbocycles. The second-order valence-corrected chi connectivity index (χ2v) is 7.21. The van der Waals surface area contributed by atoms with E-state index >= 15 is 0 Å². The van der Waals surface area contributed by atoms with E-state index in [1.807, 2.05) is 0 Å². The van der Waals surface area contributed by atoms with Crippen LogP contribution in [-0.4, -0.2) is 46.0 Å². The van der Waals surface area contributed by atoms with Crippen LogP contribution in [0.25, 0.3) is 10.2 Å². The first-order valence-corrected chi connectivity index (χ1v) is 9.16. The third-order valence-electron chi connectivity index (χ3n) is 4.61. The van der Waals surface area contributed by atoms with Gasteiger partial charge in [0.1, 0.15) is 4.83 Å². The minimum absolute atomic E-state index is 0.0927. The van der Waals surface area contributed by atoms with Crippen LogP contribution >= 0.6 is 11.3 Å². The molecule has 1 saturated heterocycles. The van der Waals surface area contributed by atoms with Crippen LogP contribution in [0, 0.1) is 12.8 Å². The van der Waals surface area contributed by atoms with Crippen molar-refractivity contribution in [1.82, 2.24) is 14.5 Å². The van der Waals surface area contributed by atoms with Gasteiger partial charge in [-0.3, -0.25) is 14.4 Å². The number of piperidine rings is 1. The van der Waals surface area contributed by atoms with Crippen molar-refractivity contribution in [2.45, 2.75) is 26.7 Å². The summed E-state index contributed by atoms with van der Waals surface area (Å²) in [6, 6.07) is 0. The Morgan fingerprint density at radius 1 is 1.36 bits per heavy atom. The van der Waals surface area contributed by atoms with Gasteiger partial charge in [0.2, 0.25) is 0 Å². The van der Waals surface area contributed by atoms with Crippen LogP contribution in [0.1, 0.15) is 35.0 Å². The summed E-state index contributed by atoms with van der Waals surface area (Å²) in [6.45, 7) is 4.99. The maximum atomic E-state index is 12.9. The second-order valence-electron chi connectivity index (χ2n) is 6.22. The van der Waals surface area contributed by atoms with Crippen LogP contribution in [0.3, 0.4) is 0 Å². The van der Waals surface area contributed by atoms with E-state index in [2.05, 4.69) is 4.98 Å². The van der Waals surface area contributed by atoms with Crippen molar-refractivity contribution in [3.05, 3.63) is 27.1 Å². The Kier molecular flexibility index (Phi) is 4.89. The number of rotatable bonds is 3. The topological polar surface area (TPSA) is 81.5 Å². The lowest BCUT2D eigenvalue weighted by molar-refractivity contribution is -0.149. The fourth-order valence-corrected chi connectivity index (χ4v) is 4.24. The normalized spacial score (nSPS) is 15.6. The van der Waals surface area contributed by atoms with Crippen LogP contribution in [-0.2, 0) is 16.6 Å². The number of thiophene rings is 1. The van der Waals surface area contributed by atoms with Gasteiger partial charge < -0.3 is 14.2 Å². The molecule has 0 spiro atoms. The molecule has 0 aromatic carbocycles. The molecule has 0 bridgehead atoms. The molecule has 1 fully saturated rings. The van der Waals surface area contributed by atoms with Crippen molar-refractivity contribution in [3.8, 4) is 0 Å². The number of carbonyl (C=O) groups is 2. The van der Waals surface area contributed by atoms with Gasteiger partial charge >= 0.3 is 5.97 Å². The zero-order valence-electron chi connectivity index (χ0n) is 14.6. The van der Waals surface area contributed by atoms with E-state index in [1.54, 1.807) is 25.8 Å². The van der Waals surface area contributed by atoms with Crippen LogP contribution < -0.4 is 5.56 Å². The molecule has 3 heterocycles. The number of carbonyl (C=O) groups excluding carboxylic acids is 2. The Balaban J connectivity index is 1.80. The predicted octanol–water partition coefficient (Wildman–Crippen LogP) is 1.72. The smallest absolute Gasteiger partial charge is 0.309 e. The Labute approximate surface area is 149 Å². The summed E-state index contributed by atoms with van der Waals surface area (Å²) in [7, 11) is 1.65. The summed E-state index contributed by atoms with van der Waals surface area (Å²) in [4.78, 5) is 44.1. The Hall–Kier alpha value is -2.22. The molecule has 134 valence electrons. The minimum Gasteiger partial charge on any atom is -0.466 e. The molecule has 8 heteroatoms. The highest BCUT2D eigenvalue weighted by Gasteiger charge is 2.30. The molecule has 1 amide bonds. The quantitative estimate of drug-likeness (QED) is 0.776. The minimum atomic E-state index is -0.180.